The molecule has 0 aliphatic carbocycles. The minimum Gasteiger partial charge on any atom is -0.397 e. The van der Waals surface area contributed by atoms with Crippen molar-refractivity contribution in [3.63, 3.8) is 0 Å². The first kappa shape index (κ1) is 15.7. The number of ether oxygens (including phenoxy) is 1. The third-order valence-electron chi connectivity index (χ3n) is 2.86. The van der Waals surface area contributed by atoms with Gasteiger partial charge in [0.05, 0.1) is 23.6 Å². The van der Waals surface area contributed by atoms with E-state index in [0.29, 0.717) is 24.5 Å². The number of nitrogens with zero attached hydrogens (tertiary/aromatic N) is 2. The molecular formula is C13H20ClN3O2. The van der Waals surface area contributed by atoms with Crippen LogP contribution in [-0.4, -0.2) is 40.6 Å². The number of halogens is 1. The van der Waals surface area contributed by atoms with Crippen LogP contribution in [0.2, 0.25) is 0 Å². The molecule has 1 unspecified atom stereocenters. The van der Waals surface area contributed by atoms with Gasteiger partial charge in [-0.15, -0.1) is 12.4 Å². The molecule has 1 fully saturated rings. The van der Waals surface area contributed by atoms with Crippen molar-refractivity contribution >= 4 is 24.0 Å². The van der Waals surface area contributed by atoms with Crippen LogP contribution in [-0.2, 0) is 4.74 Å². The number of hydrogen-bond acceptors (Lipinski definition) is 4. The number of pyridine rings is 1. The molecule has 1 atom stereocenters. The molecule has 0 radical (unpaired) electrons. The number of rotatable bonds is 1. The number of aromatic nitrogens is 1. The summed E-state index contributed by atoms with van der Waals surface area (Å²) in [5, 5.41) is 0. The van der Waals surface area contributed by atoms with Crippen LogP contribution in [0.15, 0.2) is 18.3 Å². The molecule has 1 aromatic rings. The van der Waals surface area contributed by atoms with Crippen molar-refractivity contribution in [1.82, 2.24) is 9.88 Å². The highest BCUT2D eigenvalue weighted by Crippen LogP contribution is 2.22. The zero-order chi connectivity index (χ0) is 13.3. The molecular weight excluding hydrogens is 266 g/mol. The Bertz CT molecular complexity index is 448. The van der Waals surface area contributed by atoms with Crippen molar-refractivity contribution in [3.05, 3.63) is 24.0 Å². The van der Waals surface area contributed by atoms with Gasteiger partial charge in [0, 0.05) is 13.1 Å². The lowest BCUT2D eigenvalue weighted by Crippen LogP contribution is -2.53. The molecule has 2 N–H and O–H groups in total. The lowest BCUT2D eigenvalue weighted by Gasteiger charge is -2.41. The molecule has 2 rings (SSSR count). The molecule has 0 spiro atoms. The average molecular weight is 286 g/mol. The number of nitrogens with two attached hydrogens (primary N) is 1. The summed E-state index contributed by atoms with van der Waals surface area (Å²) in [6, 6.07) is 3.35. The molecule has 1 saturated heterocycles. The Labute approximate surface area is 119 Å². The third-order valence-corrected chi connectivity index (χ3v) is 2.86. The van der Waals surface area contributed by atoms with E-state index in [2.05, 4.69) is 4.98 Å². The number of carbonyl (C=O) groups is 1. The minimum absolute atomic E-state index is 0. The summed E-state index contributed by atoms with van der Waals surface area (Å²) in [6.45, 7) is 7.10. The fourth-order valence-corrected chi connectivity index (χ4v) is 2.30. The molecule has 1 amide bonds. The number of amides is 1. The zero-order valence-electron chi connectivity index (χ0n) is 11.4. The van der Waals surface area contributed by atoms with E-state index in [9.17, 15) is 4.79 Å². The number of morpholine rings is 1. The van der Waals surface area contributed by atoms with E-state index in [-0.39, 0.29) is 30.0 Å². The molecule has 0 bridgehead atoms. The summed E-state index contributed by atoms with van der Waals surface area (Å²) in [6.07, 6.45) is 1.54. The van der Waals surface area contributed by atoms with Gasteiger partial charge in [0.2, 0.25) is 0 Å². The SMILES string of the molecule is CC1CN(C(=O)c2ccc(N)cn2)CC(C)(C)O1.Cl. The van der Waals surface area contributed by atoms with Gasteiger partial charge < -0.3 is 15.4 Å². The first-order valence-electron chi connectivity index (χ1n) is 6.06. The Hall–Kier alpha value is -1.33. The molecule has 106 valence electrons. The van der Waals surface area contributed by atoms with E-state index >= 15 is 0 Å². The highest BCUT2D eigenvalue weighted by atomic mass is 35.5. The van der Waals surface area contributed by atoms with Gasteiger partial charge in [0.25, 0.3) is 5.91 Å². The summed E-state index contributed by atoms with van der Waals surface area (Å²) < 4.78 is 5.77. The van der Waals surface area contributed by atoms with Crippen molar-refractivity contribution in [2.75, 3.05) is 18.8 Å². The van der Waals surface area contributed by atoms with E-state index in [1.54, 1.807) is 17.0 Å². The van der Waals surface area contributed by atoms with Gasteiger partial charge in [0.1, 0.15) is 5.69 Å². The number of carbonyl (C=O) groups excluding carboxylic acids is 1. The summed E-state index contributed by atoms with van der Waals surface area (Å²) in [7, 11) is 0. The summed E-state index contributed by atoms with van der Waals surface area (Å²) in [5.74, 6) is -0.0711. The summed E-state index contributed by atoms with van der Waals surface area (Å²) in [4.78, 5) is 18.2. The van der Waals surface area contributed by atoms with E-state index < -0.39 is 0 Å². The van der Waals surface area contributed by atoms with E-state index in [4.69, 9.17) is 10.5 Å². The van der Waals surface area contributed by atoms with Crippen LogP contribution in [0.1, 0.15) is 31.3 Å². The quantitative estimate of drug-likeness (QED) is 0.853. The van der Waals surface area contributed by atoms with Gasteiger partial charge in [0.15, 0.2) is 0 Å². The van der Waals surface area contributed by atoms with Gasteiger partial charge in [-0.05, 0) is 32.9 Å². The molecule has 19 heavy (non-hydrogen) atoms. The van der Waals surface area contributed by atoms with Crippen LogP contribution in [0.3, 0.4) is 0 Å². The van der Waals surface area contributed by atoms with E-state index in [0.717, 1.165) is 0 Å². The Morgan fingerprint density at radius 2 is 2.21 bits per heavy atom. The molecule has 5 nitrogen and oxygen atoms in total. The highest BCUT2D eigenvalue weighted by Gasteiger charge is 2.34. The second-order valence-electron chi connectivity index (χ2n) is 5.35. The largest absolute Gasteiger partial charge is 0.397 e. The Kier molecular flexibility index (Phi) is 4.76. The lowest BCUT2D eigenvalue weighted by atomic mass is 10.1. The number of anilines is 1. The van der Waals surface area contributed by atoms with Crippen LogP contribution in [0.5, 0.6) is 0 Å². The maximum atomic E-state index is 12.3. The maximum Gasteiger partial charge on any atom is 0.272 e. The first-order valence-corrected chi connectivity index (χ1v) is 6.06. The fourth-order valence-electron chi connectivity index (χ4n) is 2.30. The van der Waals surface area contributed by atoms with Crippen LogP contribution >= 0.6 is 12.4 Å². The van der Waals surface area contributed by atoms with Crippen LogP contribution < -0.4 is 5.73 Å². The molecule has 1 aliphatic heterocycles. The molecule has 2 heterocycles. The second kappa shape index (κ2) is 5.75. The van der Waals surface area contributed by atoms with Gasteiger partial charge >= 0.3 is 0 Å². The van der Waals surface area contributed by atoms with Gasteiger partial charge in [-0.2, -0.15) is 0 Å². The molecule has 0 saturated carbocycles. The van der Waals surface area contributed by atoms with Crippen molar-refractivity contribution in [2.45, 2.75) is 32.5 Å². The maximum absolute atomic E-state index is 12.3. The van der Waals surface area contributed by atoms with Crippen LogP contribution in [0.4, 0.5) is 5.69 Å². The Morgan fingerprint density at radius 1 is 1.53 bits per heavy atom. The van der Waals surface area contributed by atoms with Crippen LogP contribution in [0.25, 0.3) is 0 Å². The van der Waals surface area contributed by atoms with Gasteiger partial charge in [-0.25, -0.2) is 4.98 Å². The number of hydrogen-bond donors (Lipinski definition) is 1. The Balaban J connectivity index is 0.00000180. The van der Waals surface area contributed by atoms with Crippen molar-refractivity contribution in [3.8, 4) is 0 Å². The first-order chi connectivity index (χ1) is 8.37. The van der Waals surface area contributed by atoms with E-state index in [1.807, 2.05) is 20.8 Å². The van der Waals surface area contributed by atoms with Crippen molar-refractivity contribution in [1.29, 1.82) is 0 Å². The predicted octanol–water partition coefficient (Wildman–Crippen LogP) is 1.73. The second-order valence-corrected chi connectivity index (χ2v) is 5.35. The standard InChI is InChI=1S/C13H19N3O2.ClH/c1-9-7-16(8-13(2,3)18-9)12(17)11-5-4-10(14)6-15-11;/h4-6,9H,7-8,14H2,1-3H3;1H. The normalized spacial score (nSPS) is 21.6. The lowest BCUT2D eigenvalue weighted by molar-refractivity contribution is -0.118. The highest BCUT2D eigenvalue weighted by molar-refractivity contribution is 5.92. The van der Waals surface area contributed by atoms with Crippen molar-refractivity contribution < 1.29 is 9.53 Å². The Morgan fingerprint density at radius 3 is 2.74 bits per heavy atom. The third kappa shape index (κ3) is 3.81. The fraction of sp³-hybridized carbons (Fsp3) is 0.538. The average Bonchev–Trinajstić information content (AvgIpc) is 2.26. The molecule has 1 aliphatic rings. The number of nitrogen functional groups attached to an aromatic ring is 1. The van der Waals surface area contributed by atoms with Gasteiger partial charge in [-0.3, -0.25) is 4.79 Å². The van der Waals surface area contributed by atoms with E-state index in [1.165, 1.54) is 6.20 Å². The predicted molar refractivity (Wildman–Crippen MR) is 76.4 cm³/mol. The van der Waals surface area contributed by atoms with Gasteiger partial charge in [-0.1, -0.05) is 0 Å². The zero-order valence-corrected chi connectivity index (χ0v) is 12.2. The smallest absolute Gasteiger partial charge is 0.272 e. The molecule has 6 heteroatoms. The minimum atomic E-state index is -0.318. The topological polar surface area (TPSA) is 68.5 Å². The van der Waals surface area contributed by atoms with Crippen LogP contribution in [0, 0.1) is 0 Å². The van der Waals surface area contributed by atoms with Crippen molar-refractivity contribution in [2.24, 2.45) is 0 Å². The summed E-state index contributed by atoms with van der Waals surface area (Å²) in [5.41, 5.74) is 6.23. The summed E-state index contributed by atoms with van der Waals surface area (Å²) >= 11 is 0. The molecule has 1 aromatic heterocycles. The monoisotopic (exact) mass is 285 g/mol. The molecule has 0 aromatic carbocycles.